The summed E-state index contributed by atoms with van der Waals surface area (Å²) in [5.74, 6) is 3.48. The quantitative estimate of drug-likeness (QED) is 0.363. The molecule has 0 aliphatic heterocycles. The summed E-state index contributed by atoms with van der Waals surface area (Å²) < 4.78 is 25.9. The third-order valence-electron chi connectivity index (χ3n) is 7.44. The molecule has 2 aromatic rings. The zero-order chi connectivity index (χ0) is 23.4. The van der Waals surface area contributed by atoms with E-state index in [1.54, 1.807) is 0 Å². The number of fused-ring (bicyclic) bond motifs is 3. The minimum Gasteiger partial charge on any atom is -0.286 e. The van der Waals surface area contributed by atoms with Gasteiger partial charge < -0.3 is 0 Å². The van der Waals surface area contributed by atoms with E-state index >= 15 is 0 Å². The Labute approximate surface area is 197 Å². The van der Waals surface area contributed by atoms with Gasteiger partial charge in [0.25, 0.3) is 10.1 Å². The molecule has 0 bridgehead atoms. The van der Waals surface area contributed by atoms with Crippen LogP contribution in [-0.4, -0.2) is 25.2 Å². The van der Waals surface area contributed by atoms with Gasteiger partial charge in [-0.2, -0.15) is 8.42 Å². The predicted molar refractivity (Wildman–Crippen MR) is 133 cm³/mol. The van der Waals surface area contributed by atoms with Crippen molar-refractivity contribution in [3.8, 4) is 11.1 Å². The number of hydrogen-bond donors (Lipinski definition) is 1. The number of rotatable bonds is 3. The number of hydrogen-bond acceptors (Lipinski definition) is 3. The molecule has 0 heterocycles. The molecule has 2 saturated carbocycles. The molecule has 33 heavy (non-hydrogen) atoms. The Morgan fingerprint density at radius 2 is 1.64 bits per heavy atom. The van der Waals surface area contributed by atoms with E-state index in [0.29, 0.717) is 12.2 Å². The molecule has 0 radical (unpaired) electrons. The molecule has 176 valence electrons. The number of carbonyl (C=O) groups excluding carboxylic acids is 1. The first-order valence-electron chi connectivity index (χ1n) is 12.2. The normalized spacial score (nSPS) is 20.3. The molecule has 1 N–H and O–H groups in total. The van der Waals surface area contributed by atoms with Gasteiger partial charge in [-0.3, -0.25) is 4.55 Å². The summed E-state index contributed by atoms with van der Waals surface area (Å²) >= 11 is 0. The smallest absolute Gasteiger partial charge is 0.261 e. The second-order valence-corrected chi connectivity index (χ2v) is 11.3. The van der Waals surface area contributed by atoms with Crippen molar-refractivity contribution < 1.29 is 17.8 Å². The molecule has 3 aliphatic carbocycles. The lowest BCUT2D eigenvalue weighted by molar-refractivity contribution is 0.355. The average molecular weight is 467 g/mol. The van der Waals surface area contributed by atoms with Crippen LogP contribution in [0.1, 0.15) is 86.0 Å². The predicted octanol–water partition coefficient (Wildman–Crippen LogP) is 6.30. The fourth-order valence-corrected chi connectivity index (χ4v) is 6.05. The molecule has 5 heteroatoms. The average Bonchev–Trinajstić information content (AvgIpc) is 3.17. The van der Waals surface area contributed by atoms with Gasteiger partial charge in [0.2, 0.25) is 0 Å². The molecule has 2 fully saturated rings. The van der Waals surface area contributed by atoms with E-state index in [0.717, 1.165) is 37.2 Å². The van der Waals surface area contributed by atoms with Crippen LogP contribution in [0, 0.1) is 5.92 Å². The first-order chi connectivity index (χ1) is 15.8. The Morgan fingerprint density at radius 1 is 0.939 bits per heavy atom. The highest BCUT2D eigenvalue weighted by Gasteiger charge is 2.31. The molecule has 0 aromatic heterocycles. The van der Waals surface area contributed by atoms with E-state index in [1.807, 2.05) is 0 Å². The van der Waals surface area contributed by atoms with Gasteiger partial charge >= 0.3 is 0 Å². The molecule has 1 atom stereocenters. The molecule has 0 spiro atoms. The van der Waals surface area contributed by atoms with Gasteiger partial charge in [-0.25, -0.2) is 4.79 Å². The fraction of sp³-hybridized carbons (Fsp3) is 0.500. The van der Waals surface area contributed by atoms with Gasteiger partial charge in [-0.05, 0) is 71.4 Å². The van der Waals surface area contributed by atoms with Crippen molar-refractivity contribution in [2.24, 2.45) is 5.92 Å². The molecule has 0 amide bonds. The monoisotopic (exact) mass is 466 g/mol. The van der Waals surface area contributed by atoms with Crippen LogP contribution in [0.25, 0.3) is 11.1 Å². The highest BCUT2D eigenvalue weighted by atomic mass is 32.2. The van der Waals surface area contributed by atoms with E-state index in [4.69, 9.17) is 4.55 Å². The summed E-state index contributed by atoms with van der Waals surface area (Å²) in [4.78, 5) is 11.8. The van der Waals surface area contributed by atoms with Crippen LogP contribution in [0.5, 0.6) is 0 Å². The van der Waals surface area contributed by atoms with Gasteiger partial charge in [0.15, 0.2) is 0 Å². The van der Waals surface area contributed by atoms with Crippen molar-refractivity contribution in [3.05, 3.63) is 64.2 Å². The highest BCUT2D eigenvalue weighted by Crippen LogP contribution is 2.47. The molecule has 0 saturated heterocycles. The number of benzene rings is 2. The Balaban J connectivity index is 0.000000471. The van der Waals surface area contributed by atoms with Crippen molar-refractivity contribution in [1.29, 1.82) is 0 Å². The molecule has 4 nitrogen and oxygen atoms in total. The lowest BCUT2D eigenvalue weighted by atomic mass is 9.74. The van der Waals surface area contributed by atoms with Crippen LogP contribution in [0.2, 0.25) is 0 Å². The third kappa shape index (κ3) is 5.84. The van der Waals surface area contributed by atoms with Crippen LogP contribution in [0.3, 0.4) is 0 Å². The van der Waals surface area contributed by atoms with E-state index in [1.165, 1.54) is 78.3 Å². The van der Waals surface area contributed by atoms with Crippen LogP contribution in [0.4, 0.5) is 0 Å². The molecule has 2 aromatic carbocycles. The Kier molecular flexibility index (Phi) is 7.53. The van der Waals surface area contributed by atoms with E-state index in [9.17, 15) is 13.2 Å². The van der Waals surface area contributed by atoms with Gasteiger partial charge in [-0.1, -0.05) is 74.9 Å². The fourth-order valence-electron chi connectivity index (χ4n) is 6.05. The molecule has 5 rings (SSSR count). The summed E-state index contributed by atoms with van der Waals surface area (Å²) in [7, 11) is -3.67. The lowest BCUT2D eigenvalue weighted by Gasteiger charge is -2.30. The largest absolute Gasteiger partial charge is 0.286 e. The van der Waals surface area contributed by atoms with Gasteiger partial charge in [-0.15, -0.1) is 0 Å². The van der Waals surface area contributed by atoms with Crippen LogP contribution >= 0.6 is 0 Å². The van der Waals surface area contributed by atoms with Crippen molar-refractivity contribution in [2.45, 2.75) is 76.5 Å². The maximum absolute atomic E-state index is 11.8. The summed E-state index contributed by atoms with van der Waals surface area (Å²) in [5, 5.41) is 0. The maximum Gasteiger partial charge on any atom is 0.261 e. The summed E-state index contributed by atoms with van der Waals surface area (Å²) in [6.07, 6.45) is 14.3. The summed E-state index contributed by atoms with van der Waals surface area (Å²) in [6, 6.07) is 13.6. The topological polar surface area (TPSA) is 71.4 Å². The Bertz CT molecular complexity index is 1140. The zero-order valence-electron chi connectivity index (χ0n) is 19.5. The SMILES string of the molecule is CS(=O)(=O)O.O=C=C1CCCCC1c1c(CC2CCCCC2)ccc2c1Cc1ccccc1-2. The highest BCUT2D eigenvalue weighted by molar-refractivity contribution is 7.85. The van der Waals surface area contributed by atoms with Gasteiger partial charge in [0, 0.05) is 11.5 Å². The number of allylic oxidation sites excluding steroid dienone is 1. The summed E-state index contributed by atoms with van der Waals surface area (Å²) in [5.41, 5.74) is 9.83. The van der Waals surface area contributed by atoms with Crippen LogP contribution in [-0.2, 0) is 27.8 Å². The third-order valence-corrected chi connectivity index (χ3v) is 7.44. The first kappa shape index (κ1) is 23.9. The minimum absolute atomic E-state index is 0.300. The van der Waals surface area contributed by atoms with Crippen molar-refractivity contribution in [2.75, 3.05) is 6.26 Å². The summed E-state index contributed by atoms with van der Waals surface area (Å²) in [6.45, 7) is 0. The molecular formula is C28H34O4S. The second-order valence-electron chi connectivity index (χ2n) is 9.87. The van der Waals surface area contributed by atoms with E-state index < -0.39 is 10.1 Å². The molecular weight excluding hydrogens is 432 g/mol. The van der Waals surface area contributed by atoms with E-state index in [2.05, 4.69) is 42.3 Å². The second kappa shape index (κ2) is 10.4. The Hall–Kier alpha value is -2.20. The first-order valence-corrected chi connectivity index (χ1v) is 14.1. The molecule has 1 unspecified atom stereocenters. The zero-order valence-corrected chi connectivity index (χ0v) is 20.3. The van der Waals surface area contributed by atoms with E-state index in [-0.39, 0.29) is 0 Å². The van der Waals surface area contributed by atoms with Gasteiger partial charge in [0.1, 0.15) is 5.94 Å². The van der Waals surface area contributed by atoms with Gasteiger partial charge in [0.05, 0.1) is 6.26 Å². The van der Waals surface area contributed by atoms with Crippen molar-refractivity contribution in [1.82, 2.24) is 0 Å². The molecule has 3 aliphatic rings. The van der Waals surface area contributed by atoms with Crippen LogP contribution < -0.4 is 0 Å². The standard InChI is InChI=1S/C27H30O.CH4O3S/c28-18-22-11-5-7-13-24(22)27-21(16-19-8-2-1-3-9-19)14-15-25-23-12-6-4-10-20(23)17-26(25)27;1-5(2,3)4/h4,6,10,12,14-15,19,24H,1-3,5,7-9,11,13,16-17H2;1H3,(H,2,3,4). The van der Waals surface area contributed by atoms with Crippen LogP contribution in [0.15, 0.2) is 42.0 Å². The van der Waals surface area contributed by atoms with Crippen molar-refractivity contribution >= 4 is 16.1 Å². The minimum atomic E-state index is -3.67. The van der Waals surface area contributed by atoms with Crippen molar-refractivity contribution in [3.63, 3.8) is 0 Å². The lowest BCUT2D eigenvalue weighted by Crippen LogP contribution is -2.16. The maximum atomic E-state index is 11.8. The Morgan fingerprint density at radius 3 is 2.36 bits per heavy atom.